The maximum Gasteiger partial charge on any atom is 0.419 e. The standard InChI is InChI=1S/C5H12N2O5S/c1-2-12-4-3-6-13(10,11)7-5(8)9/h6-7H,2-4H2,1H3,(H,8,9). The minimum absolute atomic E-state index is 0.0381. The lowest BCUT2D eigenvalue weighted by Crippen LogP contribution is -2.40. The lowest BCUT2D eigenvalue weighted by Gasteiger charge is -2.05. The monoisotopic (exact) mass is 212 g/mol. The highest BCUT2D eigenvalue weighted by atomic mass is 32.2. The molecule has 8 heteroatoms. The van der Waals surface area contributed by atoms with Crippen LogP contribution in [0.2, 0.25) is 0 Å². The molecule has 0 fully saturated rings. The largest absolute Gasteiger partial charge is 0.464 e. The Morgan fingerprint density at radius 3 is 2.62 bits per heavy atom. The van der Waals surface area contributed by atoms with Crippen molar-refractivity contribution in [1.82, 2.24) is 9.44 Å². The number of nitrogens with one attached hydrogen (secondary N) is 2. The van der Waals surface area contributed by atoms with Crippen molar-refractivity contribution in [3.05, 3.63) is 0 Å². The average Bonchev–Trinajstić information content (AvgIpc) is 1.95. The lowest BCUT2D eigenvalue weighted by atomic mass is 10.7. The Balaban J connectivity index is 3.71. The van der Waals surface area contributed by atoms with Crippen molar-refractivity contribution < 1.29 is 23.1 Å². The van der Waals surface area contributed by atoms with Gasteiger partial charge in [-0.15, -0.1) is 0 Å². The van der Waals surface area contributed by atoms with E-state index in [-0.39, 0.29) is 13.2 Å². The summed E-state index contributed by atoms with van der Waals surface area (Å²) in [7, 11) is -3.94. The van der Waals surface area contributed by atoms with Crippen LogP contribution in [0, 0.1) is 0 Å². The number of carboxylic acid groups (broad SMARTS) is 1. The van der Waals surface area contributed by atoms with Gasteiger partial charge in [-0.3, -0.25) is 0 Å². The van der Waals surface area contributed by atoms with E-state index in [4.69, 9.17) is 9.84 Å². The summed E-state index contributed by atoms with van der Waals surface area (Å²) in [4.78, 5) is 9.94. The first kappa shape index (κ1) is 12.1. The van der Waals surface area contributed by atoms with Crippen LogP contribution >= 0.6 is 0 Å². The zero-order chi connectivity index (χ0) is 10.3. The molecule has 0 aliphatic heterocycles. The second-order valence-electron chi connectivity index (χ2n) is 2.00. The summed E-state index contributed by atoms with van der Waals surface area (Å²) in [5.41, 5.74) is 0. The maximum atomic E-state index is 10.7. The second kappa shape index (κ2) is 5.73. The molecule has 0 aliphatic carbocycles. The SMILES string of the molecule is CCOCCNS(=O)(=O)NC(=O)O. The van der Waals surface area contributed by atoms with Crippen LogP contribution in [0.25, 0.3) is 0 Å². The molecule has 0 bridgehead atoms. The Labute approximate surface area is 76.3 Å². The van der Waals surface area contributed by atoms with Crippen molar-refractivity contribution in [3.8, 4) is 0 Å². The summed E-state index contributed by atoms with van der Waals surface area (Å²) in [5.74, 6) is 0. The van der Waals surface area contributed by atoms with Crippen molar-refractivity contribution in [2.45, 2.75) is 6.92 Å². The summed E-state index contributed by atoms with van der Waals surface area (Å²) in [6.45, 7) is 2.49. The Kier molecular flexibility index (Phi) is 5.35. The van der Waals surface area contributed by atoms with Crippen LogP contribution in [0.5, 0.6) is 0 Å². The van der Waals surface area contributed by atoms with Crippen molar-refractivity contribution >= 4 is 16.3 Å². The maximum absolute atomic E-state index is 10.7. The molecule has 0 heterocycles. The van der Waals surface area contributed by atoms with Gasteiger partial charge in [-0.2, -0.15) is 13.1 Å². The van der Waals surface area contributed by atoms with Crippen molar-refractivity contribution in [2.75, 3.05) is 19.8 Å². The highest BCUT2D eigenvalue weighted by Crippen LogP contribution is 1.77. The van der Waals surface area contributed by atoms with Crippen molar-refractivity contribution in [3.63, 3.8) is 0 Å². The fourth-order valence-electron chi connectivity index (χ4n) is 0.544. The Morgan fingerprint density at radius 2 is 2.15 bits per heavy atom. The molecule has 0 aromatic heterocycles. The molecule has 0 rings (SSSR count). The minimum Gasteiger partial charge on any atom is -0.464 e. The molecule has 0 aliphatic rings. The average molecular weight is 212 g/mol. The van der Waals surface area contributed by atoms with E-state index in [2.05, 4.69) is 0 Å². The number of ether oxygens (including phenoxy) is 1. The topological polar surface area (TPSA) is 105 Å². The molecule has 3 N–H and O–H groups in total. The van der Waals surface area contributed by atoms with Crippen LogP contribution in [0.3, 0.4) is 0 Å². The summed E-state index contributed by atoms with van der Waals surface area (Å²) in [5, 5.41) is 8.09. The van der Waals surface area contributed by atoms with Crippen LogP contribution in [-0.4, -0.2) is 39.4 Å². The van der Waals surface area contributed by atoms with E-state index in [0.717, 1.165) is 0 Å². The predicted octanol–water partition coefficient (Wildman–Crippen LogP) is -0.875. The van der Waals surface area contributed by atoms with Gasteiger partial charge in [0, 0.05) is 13.2 Å². The van der Waals surface area contributed by atoms with Gasteiger partial charge in [-0.1, -0.05) is 0 Å². The molecule has 0 saturated heterocycles. The summed E-state index contributed by atoms with van der Waals surface area (Å²) in [6, 6.07) is 0. The molecule has 0 atom stereocenters. The molecule has 0 spiro atoms. The number of hydrogen-bond acceptors (Lipinski definition) is 4. The van der Waals surface area contributed by atoms with E-state index in [1.807, 2.05) is 4.72 Å². The molecule has 1 amide bonds. The van der Waals surface area contributed by atoms with Crippen LogP contribution in [-0.2, 0) is 14.9 Å². The van der Waals surface area contributed by atoms with Gasteiger partial charge >= 0.3 is 16.3 Å². The molecular formula is C5H12N2O5S. The summed E-state index contributed by atoms with van der Waals surface area (Å²) in [6.07, 6.45) is -1.62. The first-order valence-corrected chi connectivity index (χ1v) is 5.04. The van der Waals surface area contributed by atoms with Gasteiger partial charge in [0.25, 0.3) is 0 Å². The van der Waals surface area contributed by atoms with Gasteiger partial charge in [-0.25, -0.2) is 9.52 Å². The third-order valence-corrected chi connectivity index (χ3v) is 1.99. The smallest absolute Gasteiger partial charge is 0.419 e. The number of amides is 1. The zero-order valence-electron chi connectivity index (χ0n) is 7.11. The van der Waals surface area contributed by atoms with E-state index in [1.54, 1.807) is 6.92 Å². The number of carbonyl (C=O) groups is 1. The second-order valence-corrected chi connectivity index (χ2v) is 3.50. The third kappa shape index (κ3) is 7.50. The summed E-state index contributed by atoms with van der Waals surface area (Å²) < 4.78 is 29.6. The van der Waals surface area contributed by atoms with Gasteiger partial charge in [0.05, 0.1) is 6.61 Å². The van der Waals surface area contributed by atoms with Gasteiger partial charge in [0.1, 0.15) is 0 Å². The van der Waals surface area contributed by atoms with Gasteiger partial charge in [-0.05, 0) is 6.92 Å². The molecule has 0 radical (unpaired) electrons. The molecule has 0 aromatic rings. The summed E-state index contributed by atoms with van der Waals surface area (Å²) >= 11 is 0. The van der Waals surface area contributed by atoms with Gasteiger partial charge in [0.2, 0.25) is 0 Å². The highest BCUT2D eigenvalue weighted by molar-refractivity contribution is 7.88. The minimum atomic E-state index is -3.94. The molecular weight excluding hydrogens is 200 g/mol. The van der Waals surface area contributed by atoms with Crippen LogP contribution in [0.1, 0.15) is 6.92 Å². The van der Waals surface area contributed by atoms with Crippen molar-refractivity contribution in [2.24, 2.45) is 0 Å². The molecule has 78 valence electrons. The van der Waals surface area contributed by atoms with Crippen molar-refractivity contribution in [1.29, 1.82) is 0 Å². The Morgan fingerprint density at radius 1 is 1.54 bits per heavy atom. The first-order valence-electron chi connectivity index (χ1n) is 3.56. The lowest BCUT2D eigenvalue weighted by molar-refractivity contribution is 0.153. The predicted molar refractivity (Wildman–Crippen MR) is 44.6 cm³/mol. The van der Waals surface area contributed by atoms with E-state index in [0.29, 0.717) is 6.61 Å². The van der Waals surface area contributed by atoms with E-state index >= 15 is 0 Å². The normalized spacial score (nSPS) is 11.2. The number of hydrogen-bond donors (Lipinski definition) is 3. The van der Waals surface area contributed by atoms with Crippen LogP contribution < -0.4 is 9.44 Å². The molecule has 13 heavy (non-hydrogen) atoms. The van der Waals surface area contributed by atoms with Crippen LogP contribution in [0.4, 0.5) is 4.79 Å². The third-order valence-electron chi connectivity index (χ3n) is 0.964. The Bertz CT molecular complexity index is 250. The molecule has 0 aromatic carbocycles. The van der Waals surface area contributed by atoms with Gasteiger partial charge < -0.3 is 9.84 Å². The highest BCUT2D eigenvalue weighted by Gasteiger charge is 2.11. The number of rotatable bonds is 6. The fourth-order valence-corrected chi connectivity index (χ4v) is 1.20. The molecule has 7 nitrogen and oxygen atoms in total. The van der Waals surface area contributed by atoms with E-state index in [1.165, 1.54) is 4.72 Å². The molecule has 0 unspecified atom stereocenters. The van der Waals surface area contributed by atoms with E-state index in [9.17, 15) is 13.2 Å². The zero-order valence-corrected chi connectivity index (χ0v) is 7.93. The fraction of sp³-hybridized carbons (Fsp3) is 0.800. The van der Waals surface area contributed by atoms with Gasteiger partial charge in [0.15, 0.2) is 0 Å². The van der Waals surface area contributed by atoms with E-state index < -0.39 is 16.3 Å². The Hall–Kier alpha value is -0.860. The first-order chi connectivity index (χ1) is 5.98. The quantitative estimate of drug-likeness (QED) is 0.496. The van der Waals surface area contributed by atoms with Crippen LogP contribution in [0.15, 0.2) is 0 Å². The molecule has 0 saturated carbocycles.